The second-order valence-corrected chi connectivity index (χ2v) is 8.43. The molecule has 28 heavy (non-hydrogen) atoms. The van der Waals surface area contributed by atoms with E-state index in [1.807, 2.05) is 6.07 Å². The first kappa shape index (κ1) is 19.3. The van der Waals surface area contributed by atoms with E-state index in [4.69, 9.17) is 4.98 Å². The Hall–Kier alpha value is -1.98. The van der Waals surface area contributed by atoms with Crippen LogP contribution in [0.4, 0.5) is 0 Å². The van der Waals surface area contributed by atoms with Gasteiger partial charge in [-0.3, -0.25) is 9.69 Å². The number of H-pyrrole nitrogens is 1. The minimum Gasteiger partial charge on any atom is -0.307 e. The summed E-state index contributed by atoms with van der Waals surface area (Å²) in [6.07, 6.45) is 6.95. The van der Waals surface area contributed by atoms with Crippen molar-refractivity contribution in [1.29, 1.82) is 0 Å². The Balaban J connectivity index is 1.61. The van der Waals surface area contributed by atoms with E-state index in [-0.39, 0.29) is 5.56 Å². The van der Waals surface area contributed by atoms with Gasteiger partial charge in [0.1, 0.15) is 5.82 Å². The molecule has 5 nitrogen and oxygen atoms in total. The number of benzene rings is 1. The largest absolute Gasteiger partial charge is 0.307 e. The van der Waals surface area contributed by atoms with Crippen LogP contribution in [0.5, 0.6) is 0 Å². The van der Waals surface area contributed by atoms with Crippen molar-refractivity contribution < 1.29 is 0 Å². The van der Waals surface area contributed by atoms with Gasteiger partial charge >= 0.3 is 0 Å². The van der Waals surface area contributed by atoms with E-state index in [1.165, 1.54) is 44.3 Å². The van der Waals surface area contributed by atoms with Gasteiger partial charge in [0.2, 0.25) is 0 Å². The normalized spacial score (nSPS) is 18.7. The zero-order valence-corrected chi connectivity index (χ0v) is 17.2. The fourth-order valence-corrected chi connectivity index (χ4v) is 4.39. The highest BCUT2D eigenvalue weighted by Gasteiger charge is 2.35. The number of hydrogen-bond acceptors (Lipinski definition) is 4. The van der Waals surface area contributed by atoms with E-state index in [2.05, 4.69) is 47.0 Å². The van der Waals surface area contributed by atoms with Crippen LogP contribution in [0.3, 0.4) is 0 Å². The predicted molar refractivity (Wildman–Crippen MR) is 113 cm³/mol. The molecule has 1 N–H and O–H groups in total. The summed E-state index contributed by atoms with van der Waals surface area (Å²) in [6, 6.07) is 11.5. The predicted octanol–water partition coefficient (Wildman–Crippen LogP) is 3.45. The van der Waals surface area contributed by atoms with Crippen LogP contribution in [0.25, 0.3) is 11.4 Å². The standard InChI is InChI=1S/C23H32N4O/c1-3-6-18-15-22(28)25-23(24-18)21-8-5-4-7-17(21)16-27(19-9-10-19)20-11-13-26(2)14-12-20/h4-5,7-8,15,19-20H,3,6,9-14,16H2,1-2H3,(H,24,25,28). The van der Waals surface area contributed by atoms with Crippen LogP contribution in [0, 0.1) is 0 Å². The lowest BCUT2D eigenvalue weighted by Crippen LogP contribution is -2.44. The highest BCUT2D eigenvalue weighted by Crippen LogP contribution is 2.34. The van der Waals surface area contributed by atoms with Gasteiger partial charge in [-0.25, -0.2) is 4.98 Å². The molecule has 1 aromatic heterocycles. The van der Waals surface area contributed by atoms with Gasteiger partial charge in [0.15, 0.2) is 0 Å². The lowest BCUT2D eigenvalue weighted by molar-refractivity contribution is 0.107. The summed E-state index contributed by atoms with van der Waals surface area (Å²) in [5.74, 6) is 0.714. The zero-order valence-electron chi connectivity index (χ0n) is 17.2. The van der Waals surface area contributed by atoms with E-state index in [9.17, 15) is 4.79 Å². The van der Waals surface area contributed by atoms with Gasteiger partial charge < -0.3 is 9.88 Å². The zero-order chi connectivity index (χ0) is 19.5. The molecule has 1 aliphatic carbocycles. The van der Waals surface area contributed by atoms with Gasteiger partial charge in [-0.1, -0.05) is 37.6 Å². The average Bonchev–Trinajstić information content (AvgIpc) is 3.52. The summed E-state index contributed by atoms with van der Waals surface area (Å²) < 4.78 is 0. The molecule has 2 aromatic rings. The molecule has 2 heterocycles. The fourth-order valence-electron chi connectivity index (χ4n) is 4.39. The highest BCUT2D eigenvalue weighted by atomic mass is 16.1. The minimum atomic E-state index is -0.0578. The van der Waals surface area contributed by atoms with E-state index >= 15 is 0 Å². The lowest BCUT2D eigenvalue weighted by Gasteiger charge is -2.38. The smallest absolute Gasteiger partial charge is 0.251 e. The monoisotopic (exact) mass is 380 g/mol. The van der Waals surface area contributed by atoms with Crippen LogP contribution in [0.1, 0.15) is 50.3 Å². The molecule has 0 atom stereocenters. The number of aromatic nitrogens is 2. The lowest BCUT2D eigenvalue weighted by atomic mass is 10.0. The van der Waals surface area contributed by atoms with Crippen LogP contribution in [-0.2, 0) is 13.0 Å². The van der Waals surface area contributed by atoms with Crippen molar-refractivity contribution in [3.8, 4) is 11.4 Å². The van der Waals surface area contributed by atoms with E-state index in [0.717, 1.165) is 36.7 Å². The summed E-state index contributed by atoms with van der Waals surface area (Å²) in [6.45, 7) is 5.43. The molecule has 1 aliphatic heterocycles. The minimum absolute atomic E-state index is 0.0578. The maximum atomic E-state index is 12.2. The molecule has 0 bridgehead atoms. The molecule has 4 rings (SSSR count). The van der Waals surface area contributed by atoms with Crippen LogP contribution >= 0.6 is 0 Å². The van der Waals surface area contributed by atoms with E-state index < -0.39 is 0 Å². The van der Waals surface area contributed by atoms with Crippen molar-refractivity contribution >= 4 is 0 Å². The molecule has 5 heteroatoms. The first-order chi connectivity index (χ1) is 13.6. The molecular formula is C23H32N4O. The molecule has 1 saturated heterocycles. The number of piperidine rings is 1. The molecule has 2 fully saturated rings. The Labute approximate surface area is 167 Å². The van der Waals surface area contributed by atoms with Gasteiger partial charge in [0.25, 0.3) is 5.56 Å². The van der Waals surface area contributed by atoms with Crippen molar-refractivity contribution in [2.75, 3.05) is 20.1 Å². The molecule has 2 aliphatic rings. The van der Waals surface area contributed by atoms with Crippen molar-refractivity contribution in [2.24, 2.45) is 0 Å². The SMILES string of the molecule is CCCc1cc(=O)[nH]c(-c2ccccc2CN(C2CC2)C2CCN(C)CC2)n1. The van der Waals surface area contributed by atoms with Crippen LogP contribution in [0.15, 0.2) is 35.1 Å². The maximum Gasteiger partial charge on any atom is 0.251 e. The highest BCUT2D eigenvalue weighted by molar-refractivity contribution is 5.60. The second kappa shape index (κ2) is 8.58. The number of nitrogens with zero attached hydrogens (tertiary/aromatic N) is 3. The quantitative estimate of drug-likeness (QED) is 0.799. The van der Waals surface area contributed by atoms with Gasteiger partial charge in [0.05, 0.1) is 0 Å². The molecule has 1 aromatic carbocycles. The number of hydrogen-bond donors (Lipinski definition) is 1. The molecule has 0 spiro atoms. The number of aryl methyl sites for hydroxylation is 1. The van der Waals surface area contributed by atoms with Crippen LogP contribution in [0.2, 0.25) is 0 Å². The third kappa shape index (κ3) is 4.53. The summed E-state index contributed by atoms with van der Waals surface area (Å²) in [7, 11) is 2.22. The van der Waals surface area contributed by atoms with Crippen molar-refractivity contribution in [3.63, 3.8) is 0 Å². The number of nitrogens with one attached hydrogen (secondary N) is 1. The third-order valence-corrected chi connectivity index (χ3v) is 6.10. The van der Waals surface area contributed by atoms with Gasteiger partial charge in [-0.05, 0) is 57.8 Å². The van der Waals surface area contributed by atoms with Crippen molar-refractivity contribution in [1.82, 2.24) is 19.8 Å². The maximum absolute atomic E-state index is 12.2. The van der Waals surface area contributed by atoms with Gasteiger partial charge in [-0.2, -0.15) is 0 Å². The Bertz CT molecular complexity index is 850. The first-order valence-corrected chi connectivity index (χ1v) is 10.8. The Morgan fingerprint density at radius 3 is 2.57 bits per heavy atom. The number of aromatic amines is 1. The van der Waals surface area contributed by atoms with Crippen LogP contribution in [-0.4, -0.2) is 52.0 Å². The van der Waals surface area contributed by atoms with E-state index in [0.29, 0.717) is 11.9 Å². The van der Waals surface area contributed by atoms with Gasteiger partial charge in [0, 0.05) is 36.0 Å². The number of rotatable bonds is 7. The molecular weight excluding hydrogens is 348 g/mol. The Morgan fingerprint density at radius 2 is 1.86 bits per heavy atom. The summed E-state index contributed by atoms with van der Waals surface area (Å²) >= 11 is 0. The molecule has 0 unspecified atom stereocenters. The van der Waals surface area contributed by atoms with E-state index in [1.54, 1.807) is 6.07 Å². The number of likely N-dealkylation sites (tertiary alicyclic amines) is 1. The second-order valence-electron chi connectivity index (χ2n) is 8.43. The Morgan fingerprint density at radius 1 is 1.14 bits per heavy atom. The summed E-state index contributed by atoms with van der Waals surface area (Å²) in [5, 5.41) is 0. The average molecular weight is 381 g/mol. The molecule has 0 radical (unpaired) electrons. The molecule has 0 amide bonds. The van der Waals surface area contributed by atoms with Crippen molar-refractivity contribution in [2.45, 2.75) is 64.1 Å². The summed E-state index contributed by atoms with van der Waals surface area (Å²) in [4.78, 5) is 25.1. The molecule has 150 valence electrons. The van der Waals surface area contributed by atoms with Crippen molar-refractivity contribution in [3.05, 3.63) is 51.9 Å². The van der Waals surface area contributed by atoms with Gasteiger partial charge in [-0.15, -0.1) is 0 Å². The summed E-state index contributed by atoms with van der Waals surface area (Å²) in [5.41, 5.74) is 3.16. The first-order valence-electron chi connectivity index (χ1n) is 10.8. The van der Waals surface area contributed by atoms with Crippen LogP contribution < -0.4 is 5.56 Å². The topological polar surface area (TPSA) is 52.2 Å². The fraction of sp³-hybridized carbons (Fsp3) is 0.565. The third-order valence-electron chi connectivity index (χ3n) is 6.10. The molecule has 1 saturated carbocycles. The Kier molecular flexibility index (Phi) is 5.93.